The maximum absolute atomic E-state index is 13.7. The number of rotatable bonds is 19. The molecule has 0 fully saturated rings. The van der Waals surface area contributed by atoms with Crippen molar-refractivity contribution >= 4 is 29.6 Å². The lowest BCUT2D eigenvalue weighted by Crippen LogP contribution is -2.53. The molecule has 15 nitrogen and oxygen atoms in total. The molecule has 0 unspecified atom stereocenters. The minimum Gasteiger partial charge on any atom is -0.494 e. The summed E-state index contributed by atoms with van der Waals surface area (Å²) in [4.78, 5) is 60.9. The Kier molecular flexibility index (Phi) is 14.5. The molecule has 5 rings (SSSR count). The Bertz CT molecular complexity index is 2070. The molecule has 5 N–H and O–H groups in total. The lowest BCUT2D eigenvalue weighted by molar-refractivity contribution is -0.143. The van der Waals surface area contributed by atoms with Crippen molar-refractivity contribution in [2.75, 3.05) is 11.9 Å². The van der Waals surface area contributed by atoms with Crippen molar-refractivity contribution in [1.82, 2.24) is 41.2 Å². The fourth-order valence-electron chi connectivity index (χ4n) is 5.91. The van der Waals surface area contributed by atoms with Gasteiger partial charge in [0.1, 0.15) is 17.8 Å². The van der Waals surface area contributed by atoms with Gasteiger partial charge in [-0.1, -0.05) is 107 Å². The summed E-state index contributed by atoms with van der Waals surface area (Å²) in [6, 6.07) is 19.3. The third-order valence-electron chi connectivity index (χ3n) is 9.24. The van der Waals surface area contributed by atoms with Gasteiger partial charge in [-0.2, -0.15) is 5.21 Å². The molecule has 15 heteroatoms. The number of benzene rings is 3. The summed E-state index contributed by atoms with van der Waals surface area (Å²) in [5, 5.41) is 30.1. The first-order valence-corrected chi connectivity index (χ1v) is 19.0. The number of carboxylic acids is 1. The molecular formula is C42H49N9O6. The zero-order valence-electron chi connectivity index (χ0n) is 32.6. The summed E-state index contributed by atoms with van der Waals surface area (Å²) in [7, 11) is 0. The number of tetrazole rings is 1. The number of aromatic amines is 1. The van der Waals surface area contributed by atoms with Crippen molar-refractivity contribution in [2.45, 2.75) is 90.1 Å². The molecule has 0 aliphatic carbocycles. The number of carboxylic acid groups (broad SMARTS) is 1. The molecule has 298 valence electrons. The molecular weight excluding hydrogens is 727 g/mol. The predicted octanol–water partition coefficient (Wildman–Crippen LogP) is 5.91. The molecule has 2 atom stereocenters. The average molecular weight is 776 g/mol. The maximum atomic E-state index is 13.7. The van der Waals surface area contributed by atoms with E-state index in [1.165, 1.54) is 25.7 Å². The number of ether oxygens (including phenoxy) is 1. The van der Waals surface area contributed by atoms with Gasteiger partial charge >= 0.3 is 5.97 Å². The number of unbranched alkanes of at least 4 members (excludes halogenated alkanes) is 4. The van der Waals surface area contributed by atoms with E-state index in [-0.39, 0.29) is 17.8 Å². The van der Waals surface area contributed by atoms with Crippen molar-refractivity contribution in [2.24, 2.45) is 0 Å². The molecule has 2 heterocycles. The fraction of sp³-hybridized carbons (Fsp3) is 0.357. The number of anilines is 1. The number of nitrogens with one attached hydrogen (secondary N) is 4. The second kappa shape index (κ2) is 19.9. The van der Waals surface area contributed by atoms with Gasteiger partial charge in [-0.3, -0.25) is 19.7 Å². The highest BCUT2D eigenvalue weighted by atomic mass is 16.5. The minimum atomic E-state index is -1.62. The molecule has 0 saturated carbocycles. The SMILES string of the molecule is CCCCCCCOc1ccc(-c2cnc(-c3ccc(C[C@H](NC(=O)c4ccc(C(C)(C)C)cc4)C(=O)N[C@@H](CC(=O)Nc4nn[nH]n4)C(=O)O)cc3)nc2)cc1. The molecule has 0 aliphatic rings. The Morgan fingerprint density at radius 2 is 1.46 bits per heavy atom. The van der Waals surface area contributed by atoms with Crippen LogP contribution in [0.15, 0.2) is 85.2 Å². The molecule has 57 heavy (non-hydrogen) atoms. The summed E-state index contributed by atoms with van der Waals surface area (Å²) in [5.41, 5.74) is 4.43. The first kappa shape index (κ1) is 41.6. The lowest BCUT2D eigenvalue weighted by Gasteiger charge is -2.22. The van der Waals surface area contributed by atoms with E-state index < -0.39 is 42.2 Å². The zero-order chi connectivity index (χ0) is 40.8. The largest absolute Gasteiger partial charge is 0.494 e. The van der Waals surface area contributed by atoms with Crippen LogP contribution in [0.2, 0.25) is 0 Å². The number of hydrogen-bond donors (Lipinski definition) is 5. The van der Waals surface area contributed by atoms with Crippen molar-refractivity contribution < 1.29 is 29.0 Å². The van der Waals surface area contributed by atoms with E-state index in [1.54, 1.807) is 36.7 Å². The number of carbonyl (C=O) groups excluding carboxylic acids is 3. The van der Waals surface area contributed by atoms with Crippen LogP contribution < -0.4 is 20.7 Å². The molecule has 3 aromatic carbocycles. The Morgan fingerprint density at radius 3 is 2.07 bits per heavy atom. The summed E-state index contributed by atoms with van der Waals surface area (Å²) < 4.78 is 5.89. The number of carbonyl (C=O) groups is 4. The summed E-state index contributed by atoms with van der Waals surface area (Å²) in [5.74, 6) is -2.35. The summed E-state index contributed by atoms with van der Waals surface area (Å²) >= 11 is 0. The Hall–Kier alpha value is -6.51. The Labute approximate surface area is 331 Å². The monoisotopic (exact) mass is 775 g/mol. The van der Waals surface area contributed by atoms with Gasteiger partial charge in [-0.25, -0.2) is 14.8 Å². The molecule has 0 spiro atoms. The van der Waals surface area contributed by atoms with Crippen molar-refractivity contribution in [3.8, 4) is 28.3 Å². The first-order chi connectivity index (χ1) is 27.4. The van der Waals surface area contributed by atoms with E-state index >= 15 is 0 Å². The number of hydrogen-bond acceptors (Lipinski definition) is 10. The van der Waals surface area contributed by atoms with Crippen LogP contribution in [0.5, 0.6) is 5.75 Å². The van der Waals surface area contributed by atoms with Gasteiger partial charge in [-0.15, -0.1) is 5.10 Å². The highest BCUT2D eigenvalue weighted by Crippen LogP contribution is 2.25. The van der Waals surface area contributed by atoms with E-state index in [0.717, 1.165) is 34.4 Å². The number of aromatic nitrogens is 6. The van der Waals surface area contributed by atoms with Crippen LogP contribution >= 0.6 is 0 Å². The highest BCUT2D eigenvalue weighted by molar-refractivity contribution is 5.99. The fourth-order valence-corrected chi connectivity index (χ4v) is 5.91. The van der Waals surface area contributed by atoms with E-state index in [0.29, 0.717) is 23.6 Å². The average Bonchev–Trinajstić information content (AvgIpc) is 3.72. The number of nitrogens with zero attached hydrogens (tertiary/aromatic N) is 5. The van der Waals surface area contributed by atoms with Crippen molar-refractivity contribution in [3.05, 3.63) is 102 Å². The van der Waals surface area contributed by atoms with E-state index in [1.807, 2.05) is 48.5 Å². The Balaban J connectivity index is 1.26. The zero-order valence-corrected chi connectivity index (χ0v) is 32.6. The molecule has 0 bridgehead atoms. The van der Waals surface area contributed by atoms with Crippen LogP contribution in [-0.2, 0) is 26.2 Å². The van der Waals surface area contributed by atoms with Crippen molar-refractivity contribution in [3.63, 3.8) is 0 Å². The molecule has 0 saturated heterocycles. The molecule has 3 amide bonds. The number of aliphatic carboxylic acids is 1. The van der Waals surface area contributed by atoms with Crippen LogP contribution in [0.1, 0.15) is 87.7 Å². The van der Waals surface area contributed by atoms with E-state index in [9.17, 15) is 24.3 Å². The Morgan fingerprint density at radius 1 is 0.789 bits per heavy atom. The van der Waals surface area contributed by atoms with Crippen LogP contribution in [-0.4, -0.2) is 78.1 Å². The van der Waals surface area contributed by atoms with E-state index in [2.05, 4.69) is 74.2 Å². The molecule has 5 aromatic rings. The third kappa shape index (κ3) is 12.5. The second-order valence-electron chi connectivity index (χ2n) is 14.7. The van der Waals surface area contributed by atoms with Crippen LogP contribution in [0.3, 0.4) is 0 Å². The van der Waals surface area contributed by atoms with Gasteiger partial charge < -0.3 is 20.5 Å². The van der Waals surface area contributed by atoms with Crippen LogP contribution in [0.25, 0.3) is 22.5 Å². The third-order valence-corrected chi connectivity index (χ3v) is 9.24. The maximum Gasteiger partial charge on any atom is 0.326 e. The molecule has 0 aliphatic heterocycles. The first-order valence-electron chi connectivity index (χ1n) is 19.0. The van der Waals surface area contributed by atoms with Crippen LogP contribution in [0, 0.1) is 0 Å². The van der Waals surface area contributed by atoms with Gasteiger partial charge in [-0.05, 0) is 58.0 Å². The highest BCUT2D eigenvalue weighted by Gasteiger charge is 2.29. The predicted molar refractivity (Wildman–Crippen MR) is 214 cm³/mol. The number of H-pyrrole nitrogens is 1. The van der Waals surface area contributed by atoms with E-state index in [4.69, 9.17) is 4.74 Å². The summed E-state index contributed by atoms with van der Waals surface area (Å²) in [6.45, 7) is 9.08. The topological polar surface area (TPSA) is 214 Å². The van der Waals surface area contributed by atoms with Gasteiger partial charge in [0.2, 0.25) is 11.8 Å². The molecule has 0 radical (unpaired) electrons. The quantitative estimate of drug-likeness (QED) is 0.0622. The van der Waals surface area contributed by atoms with Crippen LogP contribution in [0.4, 0.5) is 5.95 Å². The second-order valence-corrected chi connectivity index (χ2v) is 14.7. The number of amides is 3. The summed E-state index contributed by atoms with van der Waals surface area (Å²) in [6.07, 6.45) is 8.81. The van der Waals surface area contributed by atoms with Gasteiger partial charge in [0.25, 0.3) is 11.9 Å². The molecule has 2 aromatic heterocycles. The lowest BCUT2D eigenvalue weighted by atomic mass is 9.86. The van der Waals surface area contributed by atoms with Crippen molar-refractivity contribution in [1.29, 1.82) is 0 Å². The normalized spacial score (nSPS) is 12.3. The van der Waals surface area contributed by atoms with Gasteiger partial charge in [0, 0.05) is 35.5 Å². The van der Waals surface area contributed by atoms with Gasteiger partial charge in [0.15, 0.2) is 5.82 Å². The van der Waals surface area contributed by atoms with Gasteiger partial charge in [0.05, 0.1) is 13.0 Å². The minimum absolute atomic E-state index is 0.0116. The standard InChI is InChI=1S/C42H49N9O6/c1-5-6-7-8-9-22-57-33-20-16-28(17-21-33)31-25-43-37(44-26-31)29-12-10-27(11-13-29)23-34(45-38(53)30-14-18-32(19-15-30)42(2,3)4)39(54)46-35(40(55)56)24-36(52)47-41-48-50-51-49-41/h10-21,25-26,34-35H,5-9,22-24H2,1-4H3,(H,45,53)(H,46,54)(H,55,56)(H2,47,48,49,50,51,52)/t34-,35-/m0/s1. The smallest absolute Gasteiger partial charge is 0.326 e.